The predicted molar refractivity (Wildman–Crippen MR) is 65.1 cm³/mol. The van der Waals surface area contributed by atoms with Crippen molar-refractivity contribution >= 4 is 28.8 Å². The molecule has 0 radical (unpaired) electrons. The first-order valence-electron chi connectivity index (χ1n) is 4.40. The molecule has 1 heterocycles. The number of oxime groups is 1. The van der Waals surface area contributed by atoms with Gasteiger partial charge in [-0.25, -0.2) is 4.98 Å². The first-order chi connectivity index (χ1) is 7.72. The molecule has 1 aromatic heterocycles. The molecule has 0 bridgehead atoms. The van der Waals surface area contributed by atoms with E-state index in [1.807, 2.05) is 23.6 Å². The van der Waals surface area contributed by atoms with Crippen molar-refractivity contribution in [1.29, 1.82) is 0 Å². The van der Waals surface area contributed by atoms with E-state index < -0.39 is 0 Å². The summed E-state index contributed by atoms with van der Waals surface area (Å²) in [5, 5.41) is 14.3. The van der Waals surface area contributed by atoms with Crippen molar-refractivity contribution in [3.05, 3.63) is 39.7 Å². The highest BCUT2D eigenvalue weighted by molar-refractivity contribution is 7.12. The lowest BCUT2D eigenvalue weighted by atomic mass is 10.2. The molecule has 0 aliphatic heterocycles. The monoisotopic (exact) mass is 253 g/mol. The van der Waals surface area contributed by atoms with Crippen LogP contribution in [0.5, 0.6) is 0 Å². The van der Waals surface area contributed by atoms with Gasteiger partial charge in [-0.1, -0.05) is 35.0 Å². The Morgan fingerprint density at radius 2 is 2.19 bits per heavy atom. The molecule has 0 fully saturated rings. The quantitative estimate of drug-likeness (QED) is 0.374. The molecule has 3 N–H and O–H groups in total. The van der Waals surface area contributed by atoms with Crippen LogP contribution in [0.1, 0.15) is 5.01 Å². The summed E-state index contributed by atoms with van der Waals surface area (Å²) >= 11 is 7.34. The summed E-state index contributed by atoms with van der Waals surface area (Å²) in [5.41, 5.74) is 6.99. The number of thiazole rings is 1. The van der Waals surface area contributed by atoms with Crippen molar-refractivity contribution in [2.45, 2.75) is 0 Å². The Morgan fingerprint density at radius 3 is 2.88 bits per heavy atom. The maximum Gasteiger partial charge on any atom is 0.199 e. The van der Waals surface area contributed by atoms with Crippen molar-refractivity contribution in [3.63, 3.8) is 0 Å². The highest BCUT2D eigenvalue weighted by Crippen LogP contribution is 2.28. The first-order valence-corrected chi connectivity index (χ1v) is 5.66. The van der Waals surface area contributed by atoms with Gasteiger partial charge in [0.15, 0.2) is 10.8 Å². The minimum absolute atomic E-state index is 0.00306. The maximum atomic E-state index is 8.53. The molecule has 0 amide bonds. The van der Waals surface area contributed by atoms with Gasteiger partial charge in [0.05, 0.1) is 5.69 Å². The molecule has 0 saturated carbocycles. The number of hydrogen-bond acceptors (Lipinski definition) is 4. The van der Waals surface area contributed by atoms with Gasteiger partial charge in [-0.2, -0.15) is 0 Å². The second-order valence-corrected chi connectivity index (χ2v) is 4.27. The van der Waals surface area contributed by atoms with Crippen molar-refractivity contribution in [1.82, 2.24) is 4.98 Å². The molecule has 0 atom stereocenters. The second kappa shape index (κ2) is 4.51. The number of nitrogens with zero attached hydrogens (tertiary/aromatic N) is 2. The SMILES string of the molecule is N/C(=N\O)c1nc(-c2ccccc2Cl)cs1. The van der Waals surface area contributed by atoms with E-state index in [0.717, 1.165) is 11.3 Å². The molecule has 0 aliphatic rings. The molecular formula is C10H8ClN3OS. The number of hydrogen-bond donors (Lipinski definition) is 2. The van der Waals surface area contributed by atoms with Crippen LogP contribution in [0.3, 0.4) is 0 Å². The van der Waals surface area contributed by atoms with Crippen LogP contribution in [0.2, 0.25) is 5.02 Å². The van der Waals surface area contributed by atoms with E-state index >= 15 is 0 Å². The van der Waals surface area contributed by atoms with E-state index in [1.54, 1.807) is 6.07 Å². The fraction of sp³-hybridized carbons (Fsp3) is 0. The fourth-order valence-electron chi connectivity index (χ4n) is 1.23. The molecular weight excluding hydrogens is 246 g/mol. The van der Waals surface area contributed by atoms with E-state index in [0.29, 0.717) is 10.0 Å². The smallest absolute Gasteiger partial charge is 0.199 e. The summed E-state index contributed by atoms with van der Waals surface area (Å²) in [4.78, 5) is 4.23. The van der Waals surface area contributed by atoms with Gasteiger partial charge in [-0.05, 0) is 6.07 Å². The van der Waals surface area contributed by atoms with Gasteiger partial charge in [0.25, 0.3) is 0 Å². The predicted octanol–water partition coefficient (Wildman–Crippen LogP) is 2.56. The van der Waals surface area contributed by atoms with Crippen molar-refractivity contribution in [2.75, 3.05) is 0 Å². The van der Waals surface area contributed by atoms with E-state index in [1.165, 1.54) is 11.3 Å². The molecule has 0 aliphatic carbocycles. The Morgan fingerprint density at radius 1 is 1.44 bits per heavy atom. The lowest BCUT2D eigenvalue weighted by molar-refractivity contribution is 0.318. The number of nitrogens with two attached hydrogens (primary N) is 1. The van der Waals surface area contributed by atoms with Crippen molar-refractivity contribution in [2.24, 2.45) is 10.9 Å². The maximum absolute atomic E-state index is 8.53. The summed E-state index contributed by atoms with van der Waals surface area (Å²) in [6.45, 7) is 0. The van der Waals surface area contributed by atoms with E-state index in [4.69, 9.17) is 22.5 Å². The third-order valence-electron chi connectivity index (χ3n) is 1.98. The second-order valence-electron chi connectivity index (χ2n) is 3.00. The van der Waals surface area contributed by atoms with Crippen LogP contribution in [-0.4, -0.2) is 16.0 Å². The molecule has 4 nitrogen and oxygen atoms in total. The molecule has 82 valence electrons. The normalized spacial score (nSPS) is 11.7. The van der Waals surface area contributed by atoms with Crippen molar-refractivity contribution in [3.8, 4) is 11.3 Å². The average molecular weight is 254 g/mol. The van der Waals surface area contributed by atoms with Crippen LogP contribution in [0.15, 0.2) is 34.8 Å². The van der Waals surface area contributed by atoms with Gasteiger partial charge >= 0.3 is 0 Å². The zero-order valence-electron chi connectivity index (χ0n) is 8.09. The van der Waals surface area contributed by atoms with E-state index in [-0.39, 0.29) is 5.84 Å². The molecule has 0 unspecified atom stereocenters. The Labute approximate surface area is 101 Å². The third-order valence-corrected chi connectivity index (χ3v) is 3.18. The number of rotatable bonds is 2. The van der Waals surface area contributed by atoms with Crippen LogP contribution >= 0.6 is 22.9 Å². The van der Waals surface area contributed by atoms with Gasteiger partial charge in [-0.3, -0.25) is 0 Å². The molecule has 2 rings (SSSR count). The minimum Gasteiger partial charge on any atom is -0.409 e. The Hall–Kier alpha value is -1.59. The fourth-order valence-corrected chi connectivity index (χ4v) is 2.17. The highest BCUT2D eigenvalue weighted by Gasteiger charge is 2.09. The Balaban J connectivity index is 2.43. The van der Waals surface area contributed by atoms with Crippen LogP contribution in [0, 0.1) is 0 Å². The van der Waals surface area contributed by atoms with E-state index in [9.17, 15) is 0 Å². The summed E-state index contributed by atoms with van der Waals surface area (Å²) in [6, 6.07) is 7.39. The lowest BCUT2D eigenvalue weighted by Gasteiger charge is -1.98. The molecule has 1 aromatic carbocycles. The summed E-state index contributed by atoms with van der Waals surface area (Å²) in [6.07, 6.45) is 0. The lowest BCUT2D eigenvalue weighted by Crippen LogP contribution is -2.12. The van der Waals surface area contributed by atoms with Gasteiger partial charge in [-0.15, -0.1) is 11.3 Å². The summed E-state index contributed by atoms with van der Waals surface area (Å²) in [5.74, 6) is 0.00306. The highest BCUT2D eigenvalue weighted by atomic mass is 35.5. The third kappa shape index (κ3) is 2.00. The van der Waals surface area contributed by atoms with Crippen LogP contribution in [0.25, 0.3) is 11.3 Å². The van der Waals surface area contributed by atoms with Crippen LogP contribution in [-0.2, 0) is 0 Å². The molecule has 16 heavy (non-hydrogen) atoms. The van der Waals surface area contributed by atoms with Crippen LogP contribution in [0.4, 0.5) is 0 Å². The standard InChI is InChI=1S/C10H8ClN3OS/c11-7-4-2-1-3-6(7)8-5-16-10(13-8)9(12)14-15/h1-5,15H,(H2,12,14). The number of benzene rings is 1. The van der Waals surface area contributed by atoms with Gasteiger partial charge in [0.1, 0.15) is 0 Å². The average Bonchev–Trinajstić information content (AvgIpc) is 2.78. The topological polar surface area (TPSA) is 71.5 Å². The summed E-state index contributed by atoms with van der Waals surface area (Å²) < 4.78 is 0. The number of aromatic nitrogens is 1. The van der Waals surface area contributed by atoms with Crippen molar-refractivity contribution < 1.29 is 5.21 Å². The number of halogens is 1. The largest absolute Gasteiger partial charge is 0.409 e. The molecule has 6 heteroatoms. The van der Waals surface area contributed by atoms with Crippen LogP contribution < -0.4 is 5.73 Å². The summed E-state index contributed by atoms with van der Waals surface area (Å²) in [7, 11) is 0. The number of amidine groups is 1. The zero-order valence-corrected chi connectivity index (χ0v) is 9.66. The van der Waals surface area contributed by atoms with E-state index in [2.05, 4.69) is 10.1 Å². The van der Waals surface area contributed by atoms with Gasteiger partial charge < -0.3 is 10.9 Å². The zero-order chi connectivity index (χ0) is 11.5. The molecule has 0 spiro atoms. The Bertz CT molecular complexity index is 538. The molecule has 2 aromatic rings. The van der Waals surface area contributed by atoms with Gasteiger partial charge in [0.2, 0.25) is 0 Å². The van der Waals surface area contributed by atoms with Gasteiger partial charge in [0, 0.05) is 16.0 Å². The first kappa shape index (κ1) is 10.9. The Kier molecular flexibility index (Phi) is 3.07. The molecule has 0 saturated heterocycles. The minimum atomic E-state index is 0.00306.